The number of nitrogens with zero attached hydrogens (tertiary/aromatic N) is 7. The van der Waals surface area contributed by atoms with Gasteiger partial charge in [0.1, 0.15) is 0 Å². The van der Waals surface area contributed by atoms with Crippen LogP contribution in [0.25, 0.3) is 28.3 Å². The Bertz CT molecular complexity index is 2790. The second kappa shape index (κ2) is 19.4. The summed E-state index contributed by atoms with van der Waals surface area (Å²) in [5, 5.41) is 15.6. The smallest absolute Gasteiger partial charge is 0.357 e. The Morgan fingerprint density at radius 3 is 1.36 bits per heavy atom. The summed E-state index contributed by atoms with van der Waals surface area (Å²) in [6.45, 7) is 3.78. The van der Waals surface area contributed by atoms with Crippen LogP contribution in [0, 0.1) is 0 Å². The minimum Gasteiger partial charge on any atom is -0.476 e. The van der Waals surface area contributed by atoms with Gasteiger partial charge < -0.3 is 29.6 Å². The van der Waals surface area contributed by atoms with E-state index < -0.39 is 11.9 Å². The SMILES string of the molecule is CN(C)CCC1(CCN(C)C)c2ccccc2-c2ccc(N(c3ccc(C=C4C(=O)N(c5ccccc5)N=C4C(=O)O)cc3)c3ccc4c(c3)C(CCN(C)C)(CCN(C)C)c3ccccc3-4)cc21. The molecule has 0 saturated carbocycles. The lowest BCUT2D eigenvalue weighted by Crippen LogP contribution is -2.34. The summed E-state index contributed by atoms with van der Waals surface area (Å²) in [5.41, 5.74) is 14.2. The molecule has 0 radical (unpaired) electrons. The van der Waals surface area contributed by atoms with Gasteiger partial charge in [-0.1, -0.05) is 91.0 Å². The van der Waals surface area contributed by atoms with Gasteiger partial charge in [-0.25, -0.2) is 4.79 Å². The van der Waals surface area contributed by atoms with Gasteiger partial charge in [0.25, 0.3) is 5.91 Å². The van der Waals surface area contributed by atoms with Crippen LogP contribution in [-0.2, 0) is 20.4 Å². The van der Waals surface area contributed by atoms with Gasteiger partial charge in [0.2, 0.25) is 0 Å². The number of para-hydroxylation sites is 1. The molecule has 1 heterocycles. The monoisotopic (exact) mass is 920 g/mol. The van der Waals surface area contributed by atoms with Crippen LogP contribution in [0.1, 0.15) is 53.5 Å². The average molecular weight is 920 g/mol. The molecule has 0 bridgehead atoms. The molecule has 6 aromatic rings. The Hall–Kier alpha value is -6.69. The summed E-state index contributed by atoms with van der Waals surface area (Å²) in [5.74, 6) is -1.74. The Kier molecular flexibility index (Phi) is 13.3. The third kappa shape index (κ3) is 8.94. The maximum Gasteiger partial charge on any atom is 0.357 e. The highest BCUT2D eigenvalue weighted by molar-refractivity contribution is 6.53. The van der Waals surface area contributed by atoms with Gasteiger partial charge in [-0.15, -0.1) is 0 Å². The van der Waals surface area contributed by atoms with Gasteiger partial charge >= 0.3 is 5.97 Å². The van der Waals surface area contributed by atoms with Crippen LogP contribution in [-0.4, -0.2) is 125 Å². The standard InChI is InChI=1S/C59H65N7O3/c1-61(2)34-30-58(31-35-62(3)4)51-20-14-12-18-46(51)48-28-26-44(39-53(48)58)65(42-24-22-41(23-25-42)38-50-55(57(68)69)60-66(56(50)67)43-16-10-9-11-17-43)45-27-29-49-47-19-13-15-21-52(47)59(54(49)40-45,32-36-63(5)6)33-37-64(7)8/h9-29,38-40H,30-37H2,1-8H3,(H,68,69). The fourth-order valence-electron chi connectivity index (χ4n) is 10.9. The van der Waals surface area contributed by atoms with E-state index in [1.807, 2.05) is 18.2 Å². The molecule has 354 valence electrons. The number of fused-ring (bicyclic) bond motifs is 6. The fraction of sp³-hybridized carbons (Fsp3) is 0.305. The minimum absolute atomic E-state index is 0.0333. The van der Waals surface area contributed by atoms with Crippen LogP contribution >= 0.6 is 0 Å². The van der Waals surface area contributed by atoms with Crippen LogP contribution in [0.2, 0.25) is 0 Å². The maximum atomic E-state index is 13.8. The second-order valence-corrected chi connectivity index (χ2v) is 20.1. The molecule has 1 amide bonds. The number of hydrogen-bond donors (Lipinski definition) is 1. The summed E-state index contributed by atoms with van der Waals surface area (Å²) in [7, 11) is 17.3. The van der Waals surface area contributed by atoms with E-state index in [9.17, 15) is 14.7 Å². The minimum atomic E-state index is -1.26. The fourth-order valence-corrected chi connectivity index (χ4v) is 10.9. The molecule has 0 fully saturated rings. The largest absolute Gasteiger partial charge is 0.476 e. The highest BCUT2D eigenvalue weighted by Gasteiger charge is 2.45. The molecule has 0 aromatic heterocycles. The van der Waals surface area contributed by atoms with Crippen molar-refractivity contribution in [1.82, 2.24) is 19.6 Å². The Morgan fingerprint density at radius 2 is 0.928 bits per heavy atom. The van der Waals surface area contributed by atoms with Crippen LogP contribution in [0.3, 0.4) is 0 Å². The lowest BCUT2D eigenvalue weighted by Gasteiger charge is -2.36. The number of carbonyl (C=O) groups excluding carboxylic acids is 1. The van der Waals surface area contributed by atoms with Crippen molar-refractivity contribution in [2.24, 2.45) is 5.10 Å². The van der Waals surface area contributed by atoms with Gasteiger partial charge in [0.05, 0.1) is 11.3 Å². The average Bonchev–Trinajstić information content (AvgIpc) is 3.92. The summed E-state index contributed by atoms with van der Waals surface area (Å²) < 4.78 is 0. The second-order valence-electron chi connectivity index (χ2n) is 20.1. The van der Waals surface area contributed by atoms with Crippen molar-refractivity contribution in [2.45, 2.75) is 36.5 Å². The number of carbonyl (C=O) groups is 2. The highest BCUT2D eigenvalue weighted by Crippen LogP contribution is 2.57. The molecule has 10 heteroatoms. The molecular formula is C59H65N7O3. The molecule has 1 N–H and O–H groups in total. The van der Waals surface area contributed by atoms with E-state index in [4.69, 9.17) is 0 Å². The molecule has 0 atom stereocenters. The van der Waals surface area contributed by atoms with Crippen molar-refractivity contribution < 1.29 is 14.7 Å². The molecular weight excluding hydrogens is 855 g/mol. The zero-order valence-corrected chi connectivity index (χ0v) is 41.4. The van der Waals surface area contributed by atoms with Crippen LogP contribution in [0.4, 0.5) is 22.7 Å². The summed E-state index contributed by atoms with van der Waals surface area (Å²) in [6, 6.07) is 49.1. The number of hydrogen-bond acceptors (Lipinski definition) is 8. The predicted molar refractivity (Wildman–Crippen MR) is 283 cm³/mol. The number of benzene rings is 6. The van der Waals surface area contributed by atoms with E-state index in [-0.39, 0.29) is 22.1 Å². The van der Waals surface area contributed by atoms with Crippen molar-refractivity contribution in [3.8, 4) is 22.3 Å². The zero-order chi connectivity index (χ0) is 48.6. The zero-order valence-electron chi connectivity index (χ0n) is 41.4. The van der Waals surface area contributed by atoms with E-state index in [0.717, 1.165) is 73.9 Å². The van der Waals surface area contributed by atoms with Gasteiger partial charge in [-0.3, -0.25) is 4.79 Å². The molecule has 3 aliphatic rings. The molecule has 0 unspecified atom stereocenters. The first kappa shape index (κ1) is 47.4. The summed E-state index contributed by atoms with van der Waals surface area (Å²) >= 11 is 0. The normalized spacial score (nSPS) is 15.8. The number of carboxylic acid groups (broad SMARTS) is 1. The van der Waals surface area contributed by atoms with Crippen molar-refractivity contribution in [3.63, 3.8) is 0 Å². The first-order chi connectivity index (χ1) is 33.2. The number of anilines is 4. The molecule has 9 rings (SSSR count). The van der Waals surface area contributed by atoms with E-state index in [1.165, 1.54) is 44.5 Å². The Labute approximate surface area is 408 Å². The first-order valence-electron chi connectivity index (χ1n) is 24.1. The van der Waals surface area contributed by atoms with Crippen molar-refractivity contribution in [2.75, 3.05) is 92.5 Å². The van der Waals surface area contributed by atoms with Gasteiger partial charge in [-0.2, -0.15) is 10.1 Å². The van der Waals surface area contributed by atoms with Crippen LogP contribution in [0.5, 0.6) is 0 Å². The quantitative estimate of drug-likeness (QED) is 0.0854. The lowest BCUT2D eigenvalue weighted by molar-refractivity contribution is -0.129. The van der Waals surface area contributed by atoms with Gasteiger partial charge in [-0.05, 0) is 213 Å². The predicted octanol–water partition coefficient (Wildman–Crippen LogP) is 10.4. The summed E-state index contributed by atoms with van der Waals surface area (Å²) in [4.78, 5) is 37.9. The molecule has 0 spiro atoms. The molecule has 2 aliphatic carbocycles. The lowest BCUT2D eigenvalue weighted by atomic mass is 9.72. The van der Waals surface area contributed by atoms with Gasteiger partial charge in [0.15, 0.2) is 5.71 Å². The number of aliphatic carboxylic acids is 1. The van der Waals surface area contributed by atoms with E-state index >= 15 is 0 Å². The van der Waals surface area contributed by atoms with E-state index in [0.29, 0.717) is 11.3 Å². The Morgan fingerprint density at radius 1 is 0.522 bits per heavy atom. The van der Waals surface area contributed by atoms with Gasteiger partial charge in [0, 0.05) is 27.9 Å². The Balaban J connectivity index is 1.22. The summed E-state index contributed by atoms with van der Waals surface area (Å²) in [6.07, 6.45) is 5.54. The first-order valence-corrected chi connectivity index (χ1v) is 24.1. The maximum absolute atomic E-state index is 13.8. The molecule has 6 aromatic carbocycles. The van der Waals surface area contributed by atoms with Crippen LogP contribution < -0.4 is 9.91 Å². The van der Waals surface area contributed by atoms with Crippen molar-refractivity contribution >= 4 is 46.4 Å². The third-order valence-corrected chi connectivity index (χ3v) is 14.5. The number of carboxylic acids is 1. The highest BCUT2D eigenvalue weighted by atomic mass is 16.4. The number of rotatable bonds is 18. The van der Waals surface area contributed by atoms with Crippen LogP contribution in [0.15, 0.2) is 150 Å². The third-order valence-electron chi connectivity index (χ3n) is 14.5. The molecule has 69 heavy (non-hydrogen) atoms. The van der Waals surface area contributed by atoms with Crippen molar-refractivity contribution in [3.05, 3.63) is 173 Å². The topological polar surface area (TPSA) is 86.2 Å². The molecule has 10 nitrogen and oxygen atoms in total. The molecule has 1 aliphatic heterocycles. The molecule has 0 saturated heterocycles. The number of hydrazone groups is 1. The number of amides is 1. The van der Waals surface area contributed by atoms with E-state index in [1.54, 1.807) is 30.3 Å². The van der Waals surface area contributed by atoms with E-state index in [2.05, 4.69) is 183 Å². The van der Waals surface area contributed by atoms with Crippen molar-refractivity contribution in [1.29, 1.82) is 0 Å².